The van der Waals surface area contributed by atoms with Crippen LogP contribution in [0.3, 0.4) is 0 Å². The van der Waals surface area contributed by atoms with Crippen LogP contribution in [0, 0.1) is 5.92 Å². The molecule has 0 saturated carbocycles. The number of urea groups is 1. The number of hydrogen-bond donors (Lipinski definition) is 3. The van der Waals surface area contributed by atoms with Crippen LogP contribution in [0.4, 0.5) is 4.79 Å². The number of amides is 2. The molecular formula is C12H20N2O5. The summed E-state index contributed by atoms with van der Waals surface area (Å²) in [6, 6.07) is -1.87. The lowest BCUT2D eigenvalue weighted by atomic mass is 10.0. The molecule has 108 valence electrons. The lowest BCUT2D eigenvalue weighted by Crippen LogP contribution is -2.48. The maximum absolute atomic E-state index is 11.9. The van der Waals surface area contributed by atoms with Gasteiger partial charge in [-0.15, -0.1) is 0 Å². The van der Waals surface area contributed by atoms with E-state index in [1.807, 2.05) is 0 Å². The van der Waals surface area contributed by atoms with E-state index in [9.17, 15) is 14.4 Å². The van der Waals surface area contributed by atoms with Crippen LogP contribution in [-0.4, -0.2) is 52.2 Å². The molecule has 1 rings (SSSR count). The molecule has 0 radical (unpaired) electrons. The van der Waals surface area contributed by atoms with Gasteiger partial charge in [0.05, 0.1) is 6.42 Å². The van der Waals surface area contributed by atoms with E-state index in [1.54, 1.807) is 4.90 Å². The SMILES string of the molecule is CCCC1CCN(C(=O)NC(CC(=O)O)C(=O)O)C1. The van der Waals surface area contributed by atoms with Gasteiger partial charge in [-0.05, 0) is 18.8 Å². The quantitative estimate of drug-likeness (QED) is 0.661. The average molecular weight is 272 g/mol. The largest absolute Gasteiger partial charge is 0.481 e. The zero-order chi connectivity index (χ0) is 14.4. The van der Waals surface area contributed by atoms with E-state index < -0.39 is 30.4 Å². The molecule has 0 spiro atoms. The number of nitrogens with zero attached hydrogens (tertiary/aromatic N) is 1. The van der Waals surface area contributed by atoms with Crippen molar-refractivity contribution in [2.75, 3.05) is 13.1 Å². The number of carboxylic acid groups (broad SMARTS) is 2. The first-order valence-electron chi connectivity index (χ1n) is 6.44. The maximum Gasteiger partial charge on any atom is 0.326 e. The summed E-state index contributed by atoms with van der Waals surface area (Å²) < 4.78 is 0. The second-order valence-electron chi connectivity index (χ2n) is 4.83. The van der Waals surface area contributed by atoms with Gasteiger partial charge in [0.15, 0.2) is 0 Å². The number of aliphatic carboxylic acids is 2. The molecule has 0 aromatic carbocycles. The van der Waals surface area contributed by atoms with Crippen molar-refractivity contribution in [3.63, 3.8) is 0 Å². The smallest absolute Gasteiger partial charge is 0.326 e. The summed E-state index contributed by atoms with van der Waals surface area (Å²) in [6.07, 6.45) is 2.39. The van der Waals surface area contributed by atoms with E-state index in [2.05, 4.69) is 12.2 Å². The van der Waals surface area contributed by atoms with Gasteiger partial charge < -0.3 is 20.4 Å². The molecule has 1 aliphatic heterocycles. The van der Waals surface area contributed by atoms with Crippen LogP contribution in [0.25, 0.3) is 0 Å². The third-order valence-electron chi connectivity index (χ3n) is 3.24. The predicted octanol–water partition coefficient (Wildman–Crippen LogP) is 0.746. The van der Waals surface area contributed by atoms with Gasteiger partial charge in [-0.1, -0.05) is 13.3 Å². The minimum Gasteiger partial charge on any atom is -0.481 e. The topological polar surface area (TPSA) is 107 Å². The molecule has 1 fully saturated rings. The molecule has 7 nitrogen and oxygen atoms in total. The van der Waals surface area contributed by atoms with Crippen LogP contribution in [0.2, 0.25) is 0 Å². The van der Waals surface area contributed by atoms with E-state index in [1.165, 1.54) is 0 Å². The van der Waals surface area contributed by atoms with Crippen LogP contribution in [0.15, 0.2) is 0 Å². The Kier molecular flexibility index (Phi) is 5.59. The third-order valence-corrected chi connectivity index (χ3v) is 3.24. The van der Waals surface area contributed by atoms with Crippen LogP contribution in [-0.2, 0) is 9.59 Å². The van der Waals surface area contributed by atoms with E-state index in [0.29, 0.717) is 19.0 Å². The standard InChI is InChI=1S/C12H20N2O5/c1-2-3-8-4-5-14(7-8)12(19)13-9(11(17)18)6-10(15)16/h8-9H,2-7H2,1H3,(H,13,19)(H,15,16)(H,17,18). The summed E-state index contributed by atoms with van der Waals surface area (Å²) in [5.41, 5.74) is 0. The van der Waals surface area contributed by atoms with Gasteiger partial charge in [-0.2, -0.15) is 0 Å². The second-order valence-corrected chi connectivity index (χ2v) is 4.83. The maximum atomic E-state index is 11.9. The van der Waals surface area contributed by atoms with Crippen molar-refractivity contribution in [1.29, 1.82) is 0 Å². The lowest BCUT2D eigenvalue weighted by molar-refractivity contribution is -0.145. The number of carbonyl (C=O) groups is 3. The highest BCUT2D eigenvalue weighted by Crippen LogP contribution is 2.20. The monoisotopic (exact) mass is 272 g/mol. The van der Waals surface area contributed by atoms with Gasteiger partial charge in [0.1, 0.15) is 6.04 Å². The summed E-state index contributed by atoms with van der Waals surface area (Å²) in [6.45, 7) is 3.28. The first-order chi connectivity index (χ1) is 8.93. The number of nitrogens with one attached hydrogen (secondary N) is 1. The van der Waals surface area contributed by atoms with Crippen LogP contribution in [0.5, 0.6) is 0 Å². The molecule has 0 aromatic heterocycles. The molecule has 7 heteroatoms. The van der Waals surface area contributed by atoms with Crippen molar-refractivity contribution < 1.29 is 24.6 Å². The summed E-state index contributed by atoms with van der Waals surface area (Å²) in [5, 5.41) is 19.7. The number of carboxylic acids is 2. The first kappa shape index (κ1) is 15.3. The molecule has 0 aliphatic carbocycles. The van der Waals surface area contributed by atoms with Crippen LogP contribution < -0.4 is 5.32 Å². The van der Waals surface area contributed by atoms with Gasteiger partial charge in [0.2, 0.25) is 0 Å². The number of likely N-dealkylation sites (tertiary alicyclic amines) is 1. The normalized spacial score (nSPS) is 20.1. The molecule has 2 atom stereocenters. The van der Waals surface area contributed by atoms with Gasteiger partial charge in [-0.3, -0.25) is 4.79 Å². The lowest BCUT2D eigenvalue weighted by Gasteiger charge is -2.20. The van der Waals surface area contributed by atoms with Crippen molar-refractivity contribution in [3.8, 4) is 0 Å². The fraction of sp³-hybridized carbons (Fsp3) is 0.750. The Labute approximate surface area is 111 Å². The predicted molar refractivity (Wildman–Crippen MR) is 66.8 cm³/mol. The van der Waals surface area contributed by atoms with E-state index in [0.717, 1.165) is 19.3 Å². The van der Waals surface area contributed by atoms with E-state index in [-0.39, 0.29) is 0 Å². The van der Waals surface area contributed by atoms with Gasteiger partial charge in [0, 0.05) is 13.1 Å². The van der Waals surface area contributed by atoms with Crippen LogP contribution >= 0.6 is 0 Å². The Balaban J connectivity index is 2.49. The Morgan fingerprint density at radius 3 is 2.58 bits per heavy atom. The highest BCUT2D eigenvalue weighted by atomic mass is 16.4. The molecule has 1 aliphatic rings. The molecule has 1 saturated heterocycles. The van der Waals surface area contributed by atoms with Gasteiger partial charge in [0.25, 0.3) is 0 Å². The van der Waals surface area contributed by atoms with Gasteiger partial charge in [-0.25, -0.2) is 9.59 Å². The molecule has 19 heavy (non-hydrogen) atoms. The van der Waals surface area contributed by atoms with Crippen molar-refractivity contribution in [2.24, 2.45) is 5.92 Å². The van der Waals surface area contributed by atoms with Crippen molar-refractivity contribution >= 4 is 18.0 Å². The zero-order valence-electron chi connectivity index (χ0n) is 11.0. The molecule has 2 amide bonds. The molecule has 3 N–H and O–H groups in total. The summed E-state index contributed by atoms with van der Waals surface area (Å²) >= 11 is 0. The summed E-state index contributed by atoms with van der Waals surface area (Å²) in [4.78, 5) is 34.8. The fourth-order valence-corrected chi connectivity index (χ4v) is 2.28. The minimum atomic E-state index is -1.38. The molecule has 0 bridgehead atoms. The Morgan fingerprint density at radius 1 is 1.37 bits per heavy atom. The highest BCUT2D eigenvalue weighted by molar-refractivity contribution is 5.86. The molecular weight excluding hydrogens is 252 g/mol. The summed E-state index contributed by atoms with van der Waals surface area (Å²) in [7, 11) is 0. The second kappa shape index (κ2) is 6.96. The Bertz CT molecular complexity index is 358. The first-order valence-corrected chi connectivity index (χ1v) is 6.44. The van der Waals surface area contributed by atoms with Crippen molar-refractivity contribution in [1.82, 2.24) is 10.2 Å². The molecule has 2 unspecified atom stereocenters. The van der Waals surface area contributed by atoms with Gasteiger partial charge >= 0.3 is 18.0 Å². The van der Waals surface area contributed by atoms with Crippen LogP contribution in [0.1, 0.15) is 32.6 Å². The number of rotatable bonds is 6. The third kappa shape index (κ3) is 4.76. The van der Waals surface area contributed by atoms with E-state index >= 15 is 0 Å². The Morgan fingerprint density at radius 2 is 2.05 bits per heavy atom. The zero-order valence-corrected chi connectivity index (χ0v) is 11.0. The summed E-state index contributed by atoms with van der Waals surface area (Å²) in [5.74, 6) is -2.13. The number of carbonyl (C=O) groups excluding carboxylic acids is 1. The van der Waals surface area contributed by atoms with Crippen molar-refractivity contribution in [3.05, 3.63) is 0 Å². The minimum absolute atomic E-state index is 0.457. The average Bonchev–Trinajstić information content (AvgIpc) is 2.76. The van der Waals surface area contributed by atoms with E-state index in [4.69, 9.17) is 10.2 Å². The molecule has 0 aromatic rings. The number of hydrogen-bond acceptors (Lipinski definition) is 3. The fourth-order valence-electron chi connectivity index (χ4n) is 2.28. The van der Waals surface area contributed by atoms with Crippen molar-refractivity contribution in [2.45, 2.75) is 38.6 Å². The highest BCUT2D eigenvalue weighted by Gasteiger charge is 2.29. The molecule has 1 heterocycles. The Hall–Kier alpha value is -1.79.